The van der Waals surface area contributed by atoms with Crippen LogP contribution in [0, 0.1) is 0 Å². The lowest BCUT2D eigenvalue weighted by atomic mass is 10.2. The van der Waals surface area contributed by atoms with Gasteiger partial charge in [-0.25, -0.2) is 0 Å². The van der Waals surface area contributed by atoms with Crippen LogP contribution in [-0.2, 0) is 14.3 Å². The van der Waals surface area contributed by atoms with E-state index in [0.29, 0.717) is 23.7 Å². The van der Waals surface area contributed by atoms with Crippen LogP contribution in [0.5, 0.6) is 0 Å². The minimum Gasteiger partial charge on any atom is -0.481 e. The van der Waals surface area contributed by atoms with E-state index in [1.807, 2.05) is 0 Å². The van der Waals surface area contributed by atoms with Gasteiger partial charge in [-0.05, 0) is 25.0 Å². The highest BCUT2D eigenvalue weighted by atomic mass is 35.5. The van der Waals surface area contributed by atoms with Crippen molar-refractivity contribution in [1.82, 2.24) is 0 Å². The molecule has 108 valence electrons. The van der Waals surface area contributed by atoms with Gasteiger partial charge in [0.05, 0.1) is 17.1 Å². The van der Waals surface area contributed by atoms with Crippen molar-refractivity contribution in [3.63, 3.8) is 0 Å². The van der Waals surface area contributed by atoms with Gasteiger partial charge < -0.3 is 14.7 Å². The zero-order chi connectivity index (χ0) is 14.5. The van der Waals surface area contributed by atoms with Crippen LogP contribution >= 0.6 is 11.6 Å². The largest absolute Gasteiger partial charge is 0.481 e. The standard InChI is InChI=1S/C14H16ClNO4/c15-10-4-1-2-5-11(10)16(8-7-13(17)18)14(19)12-6-3-9-20-12/h1-2,4-5,12H,3,6-9H2,(H,17,18). The molecule has 1 atom stereocenters. The van der Waals surface area contributed by atoms with Crippen LogP contribution in [0.1, 0.15) is 19.3 Å². The lowest BCUT2D eigenvalue weighted by molar-refractivity contribution is -0.136. The summed E-state index contributed by atoms with van der Waals surface area (Å²) in [7, 11) is 0. The maximum atomic E-state index is 12.5. The molecule has 1 fully saturated rings. The van der Waals surface area contributed by atoms with Gasteiger partial charge in [-0.1, -0.05) is 23.7 Å². The fraction of sp³-hybridized carbons (Fsp3) is 0.429. The summed E-state index contributed by atoms with van der Waals surface area (Å²) in [6.45, 7) is 0.642. The Morgan fingerprint density at radius 2 is 2.15 bits per heavy atom. The minimum absolute atomic E-state index is 0.0811. The number of hydrogen-bond acceptors (Lipinski definition) is 3. The molecule has 0 spiro atoms. The fourth-order valence-corrected chi connectivity index (χ4v) is 2.41. The lowest BCUT2D eigenvalue weighted by Crippen LogP contribution is -2.40. The maximum Gasteiger partial charge on any atom is 0.305 e. The number of carboxylic acid groups (broad SMARTS) is 1. The number of benzene rings is 1. The molecule has 1 aliphatic rings. The second-order valence-corrected chi connectivity index (χ2v) is 4.99. The molecule has 1 heterocycles. The molecule has 1 aliphatic heterocycles. The monoisotopic (exact) mass is 297 g/mol. The molecule has 1 unspecified atom stereocenters. The van der Waals surface area contributed by atoms with E-state index in [2.05, 4.69) is 0 Å². The molecule has 5 nitrogen and oxygen atoms in total. The molecule has 0 radical (unpaired) electrons. The van der Waals surface area contributed by atoms with E-state index in [4.69, 9.17) is 21.4 Å². The number of carbonyl (C=O) groups excluding carboxylic acids is 1. The number of hydrogen-bond donors (Lipinski definition) is 1. The third-order valence-corrected chi connectivity index (χ3v) is 3.48. The molecule has 6 heteroatoms. The third-order valence-electron chi connectivity index (χ3n) is 3.16. The molecule has 1 aromatic rings. The zero-order valence-corrected chi connectivity index (χ0v) is 11.7. The minimum atomic E-state index is -0.956. The Morgan fingerprint density at radius 3 is 2.75 bits per heavy atom. The molecule has 0 aromatic heterocycles. The highest BCUT2D eigenvalue weighted by molar-refractivity contribution is 6.33. The van der Waals surface area contributed by atoms with Crippen LogP contribution in [0.25, 0.3) is 0 Å². The fourth-order valence-electron chi connectivity index (χ4n) is 2.17. The molecule has 0 saturated carbocycles. The van der Waals surface area contributed by atoms with Gasteiger partial charge >= 0.3 is 5.97 Å². The lowest BCUT2D eigenvalue weighted by Gasteiger charge is -2.25. The summed E-state index contributed by atoms with van der Waals surface area (Å²) in [5.41, 5.74) is 0.524. The maximum absolute atomic E-state index is 12.5. The molecule has 0 aliphatic carbocycles. The predicted molar refractivity (Wildman–Crippen MR) is 75.0 cm³/mol. The van der Waals surface area contributed by atoms with E-state index in [1.165, 1.54) is 4.90 Å². The van der Waals surface area contributed by atoms with Crippen molar-refractivity contribution >= 4 is 29.2 Å². The van der Waals surface area contributed by atoms with Crippen LogP contribution in [0.3, 0.4) is 0 Å². The highest BCUT2D eigenvalue weighted by Gasteiger charge is 2.30. The van der Waals surface area contributed by atoms with Crippen LogP contribution in [0.4, 0.5) is 5.69 Å². The average Bonchev–Trinajstić information content (AvgIpc) is 2.94. The Labute approximate surface area is 122 Å². The van der Waals surface area contributed by atoms with Crippen molar-refractivity contribution in [3.8, 4) is 0 Å². The third kappa shape index (κ3) is 3.49. The first-order valence-corrected chi connectivity index (χ1v) is 6.86. The number of ether oxygens (including phenoxy) is 1. The van der Waals surface area contributed by atoms with Crippen LogP contribution < -0.4 is 4.90 Å². The topological polar surface area (TPSA) is 66.8 Å². The van der Waals surface area contributed by atoms with Crippen LogP contribution in [0.2, 0.25) is 5.02 Å². The van der Waals surface area contributed by atoms with Gasteiger partial charge in [-0.2, -0.15) is 0 Å². The zero-order valence-electron chi connectivity index (χ0n) is 10.9. The second kappa shape index (κ2) is 6.72. The molecular formula is C14H16ClNO4. The van der Waals surface area contributed by atoms with Crippen molar-refractivity contribution in [3.05, 3.63) is 29.3 Å². The number of anilines is 1. The van der Waals surface area contributed by atoms with Gasteiger partial charge in [0.1, 0.15) is 6.10 Å². The molecule has 0 bridgehead atoms. The number of aliphatic carboxylic acids is 1. The number of halogens is 1. The molecule has 1 amide bonds. The Morgan fingerprint density at radius 1 is 1.40 bits per heavy atom. The number of nitrogens with zero attached hydrogens (tertiary/aromatic N) is 1. The van der Waals surface area contributed by atoms with Crippen molar-refractivity contribution in [1.29, 1.82) is 0 Å². The number of carboxylic acids is 1. The average molecular weight is 298 g/mol. The van der Waals surface area contributed by atoms with E-state index in [1.54, 1.807) is 24.3 Å². The number of amides is 1. The Balaban J connectivity index is 2.21. The van der Waals surface area contributed by atoms with Gasteiger partial charge in [-0.3, -0.25) is 9.59 Å². The summed E-state index contributed by atoms with van der Waals surface area (Å²) in [5.74, 6) is -1.18. The first-order chi connectivity index (χ1) is 9.59. The second-order valence-electron chi connectivity index (χ2n) is 4.59. The van der Waals surface area contributed by atoms with E-state index in [-0.39, 0.29) is 18.9 Å². The van der Waals surface area contributed by atoms with E-state index >= 15 is 0 Å². The van der Waals surface area contributed by atoms with Crippen LogP contribution in [-0.4, -0.2) is 36.2 Å². The van der Waals surface area contributed by atoms with Gasteiger partial charge in [0.25, 0.3) is 5.91 Å². The molecule has 1 aromatic carbocycles. The van der Waals surface area contributed by atoms with Gasteiger partial charge in [0, 0.05) is 13.2 Å². The Hall–Kier alpha value is -1.59. The highest BCUT2D eigenvalue weighted by Crippen LogP contribution is 2.27. The molecule has 2 rings (SSSR count). The number of para-hydroxylation sites is 1. The van der Waals surface area contributed by atoms with E-state index in [0.717, 1.165) is 6.42 Å². The SMILES string of the molecule is O=C(O)CCN(C(=O)C1CCCO1)c1ccccc1Cl. The molecule has 1 N–H and O–H groups in total. The number of carbonyl (C=O) groups is 2. The van der Waals surface area contributed by atoms with Crippen molar-refractivity contribution in [2.24, 2.45) is 0 Å². The van der Waals surface area contributed by atoms with E-state index < -0.39 is 12.1 Å². The summed E-state index contributed by atoms with van der Waals surface area (Å²) in [6.07, 6.45) is 0.863. The van der Waals surface area contributed by atoms with Gasteiger partial charge in [-0.15, -0.1) is 0 Å². The first-order valence-electron chi connectivity index (χ1n) is 6.49. The van der Waals surface area contributed by atoms with Crippen LogP contribution in [0.15, 0.2) is 24.3 Å². The summed E-state index contributed by atoms with van der Waals surface area (Å²) in [6, 6.07) is 6.90. The van der Waals surface area contributed by atoms with Gasteiger partial charge in [0.2, 0.25) is 0 Å². The van der Waals surface area contributed by atoms with E-state index in [9.17, 15) is 9.59 Å². The Bertz CT molecular complexity index is 500. The van der Waals surface area contributed by atoms with Crippen molar-refractivity contribution in [2.45, 2.75) is 25.4 Å². The summed E-state index contributed by atoms with van der Waals surface area (Å²) in [5, 5.41) is 9.24. The van der Waals surface area contributed by atoms with Gasteiger partial charge in [0.15, 0.2) is 0 Å². The van der Waals surface area contributed by atoms with Crippen molar-refractivity contribution < 1.29 is 19.4 Å². The summed E-state index contributed by atoms with van der Waals surface area (Å²) in [4.78, 5) is 24.6. The summed E-state index contributed by atoms with van der Waals surface area (Å²) >= 11 is 6.10. The quantitative estimate of drug-likeness (QED) is 0.906. The number of rotatable bonds is 5. The normalized spacial score (nSPS) is 17.9. The molecular weight excluding hydrogens is 282 g/mol. The van der Waals surface area contributed by atoms with Crippen molar-refractivity contribution in [2.75, 3.05) is 18.1 Å². The Kier molecular flexibility index (Phi) is 4.98. The summed E-state index contributed by atoms with van der Waals surface area (Å²) < 4.78 is 5.38. The smallest absolute Gasteiger partial charge is 0.305 e. The molecule has 20 heavy (non-hydrogen) atoms. The first kappa shape index (κ1) is 14.8. The molecule has 1 saturated heterocycles. The predicted octanol–water partition coefficient (Wildman–Crippen LogP) is 2.33.